The van der Waals surface area contributed by atoms with Crippen molar-refractivity contribution >= 4 is 0 Å². The van der Waals surface area contributed by atoms with Gasteiger partial charge in [-0.3, -0.25) is 0 Å². The first-order chi connectivity index (χ1) is 7.29. The van der Waals surface area contributed by atoms with Crippen molar-refractivity contribution in [3.63, 3.8) is 0 Å². The Morgan fingerprint density at radius 3 is 2.80 bits per heavy atom. The fourth-order valence-electron chi connectivity index (χ4n) is 1.41. The van der Waals surface area contributed by atoms with E-state index in [2.05, 4.69) is 6.07 Å². The molecule has 0 bridgehead atoms. The third-order valence-electron chi connectivity index (χ3n) is 2.17. The minimum Gasteiger partial charge on any atom is -0.508 e. The lowest BCUT2D eigenvalue weighted by atomic mass is 10.1. The minimum absolute atomic E-state index is 0.253. The van der Waals surface area contributed by atoms with E-state index < -0.39 is 0 Å². The fraction of sp³-hybridized carbons (Fsp3) is 0.0769. The number of hydrogen-bond acceptors (Lipinski definition) is 2. The second kappa shape index (κ2) is 4.05. The van der Waals surface area contributed by atoms with Crippen molar-refractivity contribution in [2.75, 3.05) is 7.11 Å². The monoisotopic (exact) mass is 199 g/mol. The van der Waals surface area contributed by atoms with E-state index in [9.17, 15) is 5.11 Å². The summed E-state index contributed by atoms with van der Waals surface area (Å²) in [5, 5.41) is 9.36. The molecule has 15 heavy (non-hydrogen) atoms. The van der Waals surface area contributed by atoms with Crippen LogP contribution in [0.15, 0.2) is 42.5 Å². The summed E-state index contributed by atoms with van der Waals surface area (Å²) >= 11 is 0. The summed E-state index contributed by atoms with van der Waals surface area (Å²) in [6, 6.07) is 15.7. The predicted octanol–water partition coefficient (Wildman–Crippen LogP) is 2.87. The number of aromatic hydroxyl groups is 1. The summed E-state index contributed by atoms with van der Waals surface area (Å²) in [5.74, 6) is 1.04. The van der Waals surface area contributed by atoms with Gasteiger partial charge in [-0.25, -0.2) is 0 Å². The van der Waals surface area contributed by atoms with Gasteiger partial charge in [-0.05, 0) is 41.5 Å². The maximum Gasteiger partial charge on any atom is 0.119 e. The molecule has 0 atom stereocenters. The Hall–Kier alpha value is -1.96. The van der Waals surface area contributed by atoms with Gasteiger partial charge in [-0.2, -0.15) is 0 Å². The zero-order valence-electron chi connectivity index (χ0n) is 8.40. The highest BCUT2D eigenvalue weighted by atomic mass is 16.5. The average molecular weight is 199 g/mol. The Balaban J connectivity index is 2.44. The first-order valence-corrected chi connectivity index (χ1v) is 4.65. The molecule has 0 heterocycles. The van der Waals surface area contributed by atoms with E-state index in [-0.39, 0.29) is 5.75 Å². The van der Waals surface area contributed by atoms with E-state index in [1.54, 1.807) is 31.4 Å². The molecule has 0 aromatic heterocycles. The van der Waals surface area contributed by atoms with E-state index >= 15 is 0 Å². The molecule has 75 valence electrons. The van der Waals surface area contributed by atoms with Crippen molar-refractivity contribution in [2.45, 2.75) is 0 Å². The summed E-state index contributed by atoms with van der Waals surface area (Å²) in [7, 11) is 1.63. The largest absolute Gasteiger partial charge is 0.508 e. The third kappa shape index (κ3) is 2.10. The molecule has 2 heteroatoms. The SMILES string of the molecule is COc1cc[c]c(-c2cccc(O)c2)c1. The lowest BCUT2D eigenvalue weighted by molar-refractivity contribution is 0.415. The third-order valence-corrected chi connectivity index (χ3v) is 2.17. The highest BCUT2D eigenvalue weighted by Crippen LogP contribution is 2.25. The van der Waals surface area contributed by atoms with Gasteiger partial charge in [0.2, 0.25) is 0 Å². The first kappa shape index (κ1) is 9.59. The molecule has 1 radical (unpaired) electrons. The Morgan fingerprint density at radius 1 is 1.20 bits per heavy atom. The van der Waals surface area contributed by atoms with Crippen LogP contribution in [0.25, 0.3) is 11.1 Å². The van der Waals surface area contributed by atoms with Gasteiger partial charge in [0.05, 0.1) is 7.11 Å². The standard InChI is InChI=1S/C13H11O2/c1-15-13-7-3-5-11(9-13)10-4-2-6-12(14)8-10/h2-4,6-9,14H,1H3. The Bertz CT molecular complexity index is 464. The second-order valence-corrected chi connectivity index (χ2v) is 3.19. The lowest BCUT2D eigenvalue weighted by Crippen LogP contribution is -1.83. The molecule has 1 N–H and O–H groups in total. The number of phenolic OH excluding ortho intramolecular Hbond substituents is 1. The summed E-state index contributed by atoms with van der Waals surface area (Å²) < 4.78 is 5.12. The first-order valence-electron chi connectivity index (χ1n) is 4.65. The van der Waals surface area contributed by atoms with Crippen molar-refractivity contribution in [1.29, 1.82) is 0 Å². The number of phenols is 1. The molecule has 0 fully saturated rings. The number of rotatable bonds is 2. The molecule has 2 aromatic rings. The Morgan fingerprint density at radius 2 is 2.07 bits per heavy atom. The summed E-state index contributed by atoms with van der Waals surface area (Å²) in [6.07, 6.45) is 0. The van der Waals surface area contributed by atoms with Crippen molar-refractivity contribution in [3.8, 4) is 22.6 Å². The molecule has 2 aromatic carbocycles. The van der Waals surface area contributed by atoms with E-state index in [0.29, 0.717) is 0 Å². The van der Waals surface area contributed by atoms with Gasteiger partial charge in [0.25, 0.3) is 0 Å². The quantitative estimate of drug-likeness (QED) is 0.805. The number of hydrogen-bond donors (Lipinski definition) is 1. The van der Waals surface area contributed by atoms with Gasteiger partial charge in [-0.15, -0.1) is 0 Å². The molecule has 0 aliphatic rings. The Kier molecular flexibility index (Phi) is 2.59. The maximum absolute atomic E-state index is 9.36. The molecule has 0 spiro atoms. The van der Waals surface area contributed by atoms with Crippen LogP contribution in [0.2, 0.25) is 0 Å². The zero-order chi connectivity index (χ0) is 10.7. The van der Waals surface area contributed by atoms with Crippen LogP contribution in [-0.2, 0) is 0 Å². The van der Waals surface area contributed by atoms with Crippen LogP contribution in [-0.4, -0.2) is 12.2 Å². The summed E-state index contributed by atoms with van der Waals surface area (Å²) in [5.41, 5.74) is 1.83. The average Bonchev–Trinajstić information content (AvgIpc) is 2.29. The normalized spacial score (nSPS) is 9.93. The highest BCUT2D eigenvalue weighted by molar-refractivity contribution is 5.65. The molecule has 0 aliphatic heterocycles. The molecule has 0 saturated heterocycles. The van der Waals surface area contributed by atoms with Crippen LogP contribution in [0.4, 0.5) is 0 Å². The van der Waals surface area contributed by atoms with Gasteiger partial charge in [-0.1, -0.05) is 18.2 Å². The topological polar surface area (TPSA) is 29.5 Å². The van der Waals surface area contributed by atoms with Crippen LogP contribution in [0.5, 0.6) is 11.5 Å². The van der Waals surface area contributed by atoms with Crippen LogP contribution < -0.4 is 4.74 Å². The van der Waals surface area contributed by atoms with Crippen LogP contribution in [0.1, 0.15) is 0 Å². The van der Waals surface area contributed by atoms with Crippen LogP contribution in [0.3, 0.4) is 0 Å². The minimum atomic E-state index is 0.253. The second-order valence-electron chi connectivity index (χ2n) is 3.19. The predicted molar refractivity (Wildman–Crippen MR) is 58.9 cm³/mol. The maximum atomic E-state index is 9.36. The van der Waals surface area contributed by atoms with E-state index in [1.807, 2.05) is 18.2 Å². The molecule has 0 aliphatic carbocycles. The highest BCUT2D eigenvalue weighted by Gasteiger charge is 2.00. The van der Waals surface area contributed by atoms with Crippen LogP contribution >= 0.6 is 0 Å². The molecule has 2 nitrogen and oxygen atoms in total. The summed E-state index contributed by atoms with van der Waals surface area (Å²) in [4.78, 5) is 0. The van der Waals surface area contributed by atoms with Gasteiger partial charge in [0.1, 0.15) is 11.5 Å². The fourth-order valence-corrected chi connectivity index (χ4v) is 1.41. The molecule has 2 rings (SSSR count). The van der Waals surface area contributed by atoms with Crippen LogP contribution in [0, 0.1) is 6.07 Å². The van der Waals surface area contributed by atoms with Gasteiger partial charge in [0, 0.05) is 0 Å². The number of benzene rings is 2. The Labute approximate surface area is 88.8 Å². The van der Waals surface area contributed by atoms with E-state index in [1.165, 1.54) is 0 Å². The van der Waals surface area contributed by atoms with Crippen molar-refractivity contribution < 1.29 is 9.84 Å². The van der Waals surface area contributed by atoms with E-state index in [0.717, 1.165) is 16.9 Å². The molecule has 0 saturated carbocycles. The van der Waals surface area contributed by atoms with Gasteiger partial charge in [0.15, 0.2) is 0 Å². The molecule has 0 amide bonds. The van der Waals surface area contributed by atoms with Crippen molar-refractivity contribution in [3.05, 3.63) is 48.5 Å². The van der Waals surface area contributed by atoms with Gasteiger partial charge >= 0.3 is 0 Å². The molecule has 0 unspecified atom stereocenters. The summed E-state index contributed by atoms with van der Waals surface area (Å²) in [6.45, 7) is 0. The number of methoxy groups -OCH3 is 1. The van der Waals surface area contributed by atoms with Crippen molar-refractivity contribution in [1.82, 2.24) is 0 Å². The van der Waals surface area contributed by atoms with Crippen molar-refractivity contribution in [2.24, 2.45) is 0 Å². The van der Waals surface area contributed by atoms with E-state index in [4.69, 9.17) is 4.74 Å². The van der Waals surface area contributed by atoms with Gasteiger partial charge < -0.3 is 9.84 Å². The molecular formula is C13H11O2. The zero-order valence-corrected chi connectivity index (χ0v) is 8.40. The lowest BCUT2D eigenvalue weighted by Gasteiger charge is -2.04. The molecular weight excluding hydrogens is 188 g/mol. The smallest absolute Gasteiger partial charge is 0.119 e. The number of ether oxygens (including phenoxy) is 1.